The molecule has 0 aliphatic rings. The van der Waals surface area contributed by atoms with E-state index in [-0.39, 0.29) is 42.4 Å². The third-order valence-corrected chi connectivity index (χ3v) is 2.78. The first-order chi connectivity index (χ1) is 11.1. The van der Waals surface area contributed by atoms with Crippen molar-refractivity contribution in [2.75, 3.05) is 13.2 Å². The lowest BCUT2D eigenvalue weighted by Crippen LogP contribution is -2.34. The van der Waals surface area contributed by atoms with Crippen LogP contribution < -0.4 is 10.1 Å². The Morgan fingerprint density at radius 3 is 2.56 bits per heavy atom. The van der Waals surface area contributed by atoms with E-state index in [0.29, 0.717) is 0 Å². The molecule has 0 atom stereocenters. The zero-order chi connectivity index (χ0) is 18.0. The van der Waals surface area contributed by atoms with Crippen LogP contribution in [0.1, 0.15) is 26.3 Å². The predicted molar refractivity (Wildman–Crippen MR) is 86.0 cm³/mol. The average molecular weight is 383 g/mol. The zero-order valence-electron chi connectivity index (χ0n) is 13.8. The van der Waals surface area contributed by atoms with Crippen molar-refractivity contribution in [3.05, 3.63) is 23.8 Å². The van der Waals surface area contributed by atoms with Gasteiger partial charge in [0, 0.05) is 0 Å². The smallest absolute Gasteiger partial charge is 0.420 e. The number of amides is 1. The van der Waals surface area contributed by atoms with Gasteiger partial charge in [-0.3, -0.25) is 0 Å². The minimum Gasteiger partial charge on any atom is -0.473 e. The number of aromatic nitrogens is 1. The van der Waals surface area contributed by atoms with Crippen molar-refractivity contribution in [3.8, 4) is 5.88 Å². The summed E-state index contributed by atoms with van der Waals surface area (Å²) in [4.78, 5) is 11.4. The van der Waals surface area contributed by atoms with Gasteiger partial charge in [0.05, 0.1) is 11.9 Å². The van der Waals surface area contributed by atoms with Crippen LogP contribution in [0.2, 0.25) is 0 Å². The van der Waals surface area contributed by atoms with Crippen LogP contribution in [0.25, 0.3) is 11.0 Å². The normalized spacial score (nSPS) is 11.8. The summed E-state index contributed by atoms with van der Waals surface area (Å²) in [5, 5.41) is 6.08. The second kappa shape index (κ2) is 7.81. The molecule has 6 nitrogen and oxygen atoms in total. The summed E-state index contributed by atoms with van der Waals surface area (Å²) in [7, 11) is 0. The van der Waals surface area contributed by atoms with Crippen LogP contribution in [-0.4, -0.2) is 30.0 Å². The topological polar surface area (TPSA) is 73.6 Å². The molecule has 0 bridgehead atoms. The highest BCUT2D eigenvalue weighted by molar-refractivity contribution is 5.85. The lowest BCUT2D eigenvalue weighted by Gasteiger charge is -2.19. The van der Waals surface area contributed by atoms with Gasteiger partial charge in [0.15, 0.2) is 5.58 Å². The molecule has 140 valence electrons. The third-order valence-electron chi connectivity index (χ3n) is 2.78. The van der Waals surface area contributed by atoms with Crippen molar-refractivity contribution >= 4 is 29.5 Å². The number of carbonyl (C=O) groups is 1. The molecule has 0 unspecified atom stereocenters. The van der Waals surface area contributed by atoms with Crippen molar-refractivity contribution < 1.29 is 32.0 Å². The lowest BCUT2D eigenvalue weighted by atomic mass is 10.1. The fourth-order valence-electron chi connectivity index (χ4n) is 1.88. The number of nitrogens with one attached hydrogen (secondary N) is 1. The molecule has 0 radical (unpaired) electrons. The second-order valence-electron chi connectivity index (χ2n) is 5.94. The number of nitrogens with zero attached hydrogens (tertiary/aromatic N) is 1. The Bertz CT molecular complexity index is 726. The van der Waals surface area contributed by atoms with Crippen molar-refractivity contribution in [2.45, 2.75) is 32.5 Å². The van der Waals surface area contributed by atoms with E-state index < -0.39 is 23.4 Å². The van der Waals surface area contributed by atoms with Gasteiger partial charge in [-0.1, -0.05) is 6.07 Å². The SMILES string of the molecule is CC(C)(C)OC(=O)NCCOc1noc2c(C(F)(F)F)cccc12.Cl. The highest BCUT2D eigenvalue weighted by Gasteiger charge is 2.35. The summed E-state index contributed by atoms with van der Waals surface area (Å²) < 4.78 is 53.6. The van der Waals surface area contributed by atoms with E-state index in [4.69, 9.17) is 14.0 Å². The summed E-state index contributed by atoms with van der Waals surface area (Å²) in [5.41, 5.74) is -1.93. The standard InChI is InChI=1S/C15H17F3N2O4.ClH/c1-14(2,3)23-13(21)19-7-8-22-12-9-5-4-6-10(15(16,17)18)11(9)24-20-12;/h4-6H,7-8H2,1-3H3,(H,19,21);1H. The van der Waals surface area contributed by atoms with Crippen LogP contribution in [0, 0.1) is 0 Å². The number of rotatable bonds is 4. The van der Waals surface area contributed by atoms with Crippen LogP contribution in [0.3, 0.4) is 0 Å². The van der Waals surface area contributed by atoms with Crippen molar-refractivity contribution in [1.82, 2.24) is 10.5 Å². The van der Waals surface area contributed by atoms with E-state index in [1.54, 1.807) is 20.8 Å². The van der Waals surface area contributed by atoms with Crippen LogP contribution in [0.5, 0.6) is 5.88 Å². The molecule has 1 aromatic heterocycles. The molecule has 2 aromatic rings. The van der Waals surface area contributed by atoms with Crippen LogP contribution >= 0.6 is 12.4 Å². The number of hydrogen-bond donors (Lipinski definition) is 1. The Hall–Kier alpha value is -2.16. The molecule has 0 spiro atoms. The van der Waals surface area contributed by atoms with Gasteiger partial charge in [0.2, 0.25) is 0 Å². The van der Waals surface area contributed by atoms with Gasteiger partial charge in [-0.05, 0) is 38.1 Å². The van der Waals surface area contributed by atoms with E-state index in [9.17, 15) is 18.0 Å². The molecule has 2 rings (SSSR count). The third kappa shape index (κ3) is 5.70. The largest absolute Gasteiger partial charge is 0.473 e. The molecule has 1 N–H and O–H groups in total. The molecule has 1 amide bonds. The van der Waals surface area contributed by atoms with Gasteiger partial charge in [-0.25, -0.2) is 4.79 Å². The number of carbonyl (C=O) groups excluding carboxylic acids is 1. The van der Waals surface area contributed by atoms with Crippen LogP contribution in [-0.2, 0) is 10.9 Å². The van der Waals surface area contributed by atoms with E-state index in [0.717, 1.165) is 6.07 Å². The first kappa shape index (κ1) is 20.9. The first-order valence-corrected chi connectivity index (χ1v) is 7.13. The Labute approximate surface area is 148 Å². The van der Waals surface area contributed by atoms with Gasteiger partial charge in [-0.2, -0.15) is 13.2 Å². The number of ether oxygens (including phenoxy) is 2. The summed E-state index contributed by atoms with van der Waals surface area (Å²) in [6, 6.07) is 3.56. The molecule has 0 aliphatic heterocycles. The summed E-state index contributed by atoms with van der Waals surface area (Å²) in [5.74, 6) is -0.0675. The van der Waals surface area contributed by atoms with Gasteiger partial charge < -0.3 is 19.3 Å². The molecular weight excluding hydrogens is 365 g/mol. The van der Waals surface area contributed by atoms with E-state index in [1.165, 1.54) is 12.1 Å². The number of halogens is 4. The highest BCUT2D eigenvalue weighted by Crippen LogP contribution is 2.37. The zero-order valence-corrected chi connectivity index (χ0v) is 14.6. The van der Waals surface area contributed by atoms with E-state index in [1.807, 2.05) is 0 Å². The van der Waals surface area contributed by atoms with E-state index >= 15 is 0 Å². The maximum atomic E-state index is 12.9. The molecule has 1 aromatic carbocycles. The fourth-order valence-corrected chi connectivity index (χ4v) is 1.88. The monoisotopic (exact) mass is 382 g/mol. The molecule has 0 saturated carbocycles. The number of para-hydroxylation sites is 1. The van der Waals surface area contributed by atoms with E-state index in [2.05, 4.69) is 10.5 Å². The average Bonchev–Trinajstić information content (AvgIpc) is 2.83. The number of alkyl halides is 3. The molecule has 0 aliphatic carbocycles. The number of alkyl carbamates (subject to hydrolysis) is 1. The van der Waals surface area contributed by atoms with Crippen molar-refractivity contribution in [3.63, 3.8) is 0 Å². The molecule has 1 heterocycles. The Kier molecular flexibility index (Phi) is 6.53. The maximum Gasteiger partial charge on any atom is 0.420 e. The summed E-state index contributed by atoms with van der Waals surface area (Å²) in [6.07, 6.45) is -5.16. The van der Waals surface area contributed by atoms with Gasteiger partial charge in [-0.15, -0.1) is 12.4 Å². The number of benzene rings is 1. The lowest BCUT2D eigenvalue weighted by molar-refractivity contribution is -0.137. The number of fused-ring (bicyclic) bond motifs is 1. The highest BCUT2D eigenvalue weighted by atomic mass is 35.5. The predicted octanol–water partition coefficient (Wildman–Crippen LogP) is 4.17. The Morgan fingerprint density at radius 1 is 1.28 bits per heavy atom. The van der Waals surface area contributed by atoms with Gasteiger partial charge >= 0.3 is 12.3 Å². The minimum atomic E-state index is -4.55. The second-order valence-corrected chi connectivity index (χ2v) is 5.94. The molecule has 0 saturated heterocycles. The Morgan fingerprint density at radius 2 is 1.96 bits per heavy atom. The minimum absolute atomic E-state index is 0. The van der Waals surface area contributed by atoms with Crippen molar-refractivity contribution in [2.24, 2.45) is 0 Å². The fraction of sp³-hybridized carbons (Fsp3) is 0.467. The van der Waals surface area contributed by atoms with Gasteiger partial charge in [0.25, 0.3) is 5.88 Å². The number of hydrogen-bond acceptors (Lipinski definition) is 5. The molecule has 0 fully saturated rings. The first-order valence-electron chi connectivity index (χ1n) is 7.13. The quantitative estimate of drug-likeness (QED) is 0.803. The molecule has 10 heteroatoms. The molecule has 25 heavy (non-hydrogen) atoms. The Balaban J connectivity index is 0.00000312. The summed E-state index contributed by atoms with van der Waals surface area (Å²) in [6.45, 7) is 5.27. The van der Waals surface area contributed by atoms with Crippen molar-refractivity contribution in [1.29, 1.82) is 0 Å². The van der Waals surface area contributed by atoms with Gasteiger partial charge in [0.1, 0.15) is 17.8 Å². The van der Waals surface area contributed by atoms with Crippen LogP contribution in [0.15, 0.2) is 22.7 Å². The summed E-state index contributed by atoms with van der Waals surface area (Å²) >= 11 is 0. The molecular formula is C15H18ClF3N2O4. The maximum absolute atomic E-state index is 12.9. The van der Waals surface area contributed by atoms with Crippen LogP contribution in [0.4, 0.5) is 18.0 Å².